The molecule has 3 aliphatic heterocycles. The van der Waals surface area contributed by atoms with Gasteiger partial charge in [0.25, 0.3) is 0 Å². The Balaban J connectivity index is 1.45. The van der Waals surface area contributed by atoms with Gasteiger partial charge in [0.1, 0.15) is 23.4 Å². The number of hydrogen-bond donors (Lipinski definition) is 4. The molecule has 0 bridgehead atoms. The minimum atomic E-state index is -1.01. The molecular weight excluding hydrogens is 544 g/mol. The fourth-order valence-electron chi connectivity index (χ4n) is 4.94. The molecule has 5 atom stereocenters. The van der Waals surface area contributed by atoms with Gasteiger partial charge in [-0.1, -0.05) is 23.8 Å². The number of methoxy groups -OCH3 is 1. The number of epoxide rings is 1. The Morgan fingerprint density at radius 2 is 1.79 bits per heavy atom. The number of morpholine rings is 1. The van der Waals surface area contributed by atoms with Crippen LogP contribution in [-0.4, -0.2) is 100.0 Å². The standard InChI is InChI=1S/C30H42N4O8/c1-19(32-26(35)16-23-17-31-10-13-41-23)28(37)34-25(15-20-4-6-22(39-3)7-5-20)29(38)33-24(27(36)30(2)18-42-30)14-21-8-11-40-12-9-21/h4-8,19,23-25,31H,9-18H2,1-3H3,(H,32,35)(H,33,38)(H,34,37)/t19-,23?,24-,25-,30+/m0/s1. The zero-order chi connectivity index (χ0) is 30.1. The minimum Gasteiger partial charge on any atom is -0.497 e. The van der Waals surface area contributed by atoms with Crippen LogP contribution < -0.4 is 26.0 Å². The van der Waals surface area contributed by atoms with Gasteiger partial charge in [0.05, 0.1) is 52.1 Å². The summed E-state index contributed by atoms with van der Waals surface area (Å²) < 4.78 is 21.6. The fourth-order valence-corrected chi connectivity index (χ4v) is 4.94. The van der Waals surface area contributed by atoms with E-state index in [9.17, 15) is 19.2 Å². The lowest BCUT2D eigenvalue weighted by Gasteiger charge is -2.27. The van der Waals surface area contributed by atoms with Crippen molar-refractivity contribution in [2.75, 3.05) is 46.6 Å². The maximum atomic E-state index is 13.7. The summed E-state index contributed by atoms with van der Waals surface area (Å²) in [5.74, 6) is -0.902. The number of ketones is 1. The van der Waals surface area contributed by atoms with Crippen LogP contribution in [0.1, 0.15) is 38.7 Å². The van der Waals surface area contributed by atoms with Gasteiger partial charge in [-0.3, -0.25) is 19.2 Å². The molecule has 3 heterocycles. The maximum Gasteiger partial charge on any atom is 0.243 e. The number of carbonyl (C=O) groups is 4. The Kier molecular flexibility index (Phi) is 11.1. The summed E-state index contributed by atoms with van der Waals surface area (Å²) in [5.41, 5.74) is 0.866. The van der Waals surface area contributed by atoms with Gasteiger partial charge >= 0.3 is 0 Å². The molecule has 12 nitrogen and oxygen atoms in total. The van der Waals surface area contributed by atoms with Gasteiger partial charge in [0, 0.05) is 19.5 Å². The van der Waals surface area contributed by atoms with Gasteiger partial charge in [-0.25, -0.2) is 0 Å². The molecule has 0 aromatic heterocycles. The lowest BCUT2D eigenvalue weighted by molar-refractivity contribution is -0.134. The molecule has 0 aliphatic carbocycles. The third-order valence-electron chi connectivity index (χ3n) is 7.68. The highest BCUT2D eigenvalue weighted by Gasteiger charge is 2.50. The van der Waals surface area contributed by atoms with Gasteiger partial charge in [-0.15, -0.1) is 0 Å². The van der Waals surface area contributed by atoms with E-state index in [1.165, 1.54) is 0 Å². The molecule has 4 N–H and O–H groups in total. The lowest BCUT2D eigenvalue weighted by atomic mass is 9.92. The van der Waals surface area contributed by atoms with E-state index < -0.39 is 35.5 Å². The Bertz CT molecular complexity index is 1140. The fraction of sp³-hybridized carbons (Fsp3) is 0.600. The molecule has 1 unspecified atom stereocenters. The van der Waals surface area contributed by atoms with Gasteiger partial charge in [-0.05, 0) is 44.4 Å². The lowest BCUT2D eigenvalue weighted by Crippen LogP contribution is -2.57. The summed E-state index contributed by atoms with van der Waals surface area (Å²) in [6, 6.07) is 4.42. The third kappa shape index (κ3) is 9.09. The van der Waals surface area contributed by atoms with E-state index in [1.54, 1.807) is 33.1 Å². The molecule has 4 rings (SSSR count). The van der Waals surface area contributed by atoms with Gasteiger partial charge in [0.2, 0.25) is 17.7 Å². The number of ether oxygens (including phenoxy) is 4. The van der Waals surface area contributed by atoms with E-state index in [1.807, 2.05) is 18.2 Å². The molecule has 12 heteroatoms. The number of Topliss-reactive ketones (excluding diaryl/α,β-unsaturated/α-hetero) is 1. The van der Waals surface area contributed by atoms with Crippen LogP contribution in [0.25, 0.3) is 0 Å². The normalized spacial score (nSPS) is 23.9. The Hall–Kier alpha value is -3.32. The summed E-state index contributed by atoms with van der Waals surface area (Å²) in [6.07, 6.45) is 2.95. The van der Waals surface area contributed by atoms with Crippen molar-refractivity contribution in [3.8, 4) is 5.75 Å². The van der Waals surface area contributed by atoms with Crippen LogP contribution in [0, 0.1) is 0 Å². The van der Waals surface area contributed by atoms with Crippen LogP contribution in [0.15, 0.2) is 35.9 Å². The molecule has 0 radical (unpaired) electrons. The van der Waals surface area contributed by atoms with Crippen LogP contribution in [0.2, 0.25) is 0 Å². The average Bonchev–Trinajstić information content (AvgIpc) is 3.75. The predicted octanol–water partition coefficient (Wildman–Crippen LogP) is 0.185. The van der Waals surface area contributed by atoms with E-state index in [-0.39, 0.29) is 30.6 Å². The van der Waals surface area contributed by atoms with E-state index in [0.717, 1.165) is 17.7 Å². The summed E-state index contributed by atoms with van der Waals surface area (Å²) in [4.78, 5) is 52.8. The smallest absolute Gasteiger partial charge is 0.243 e. The van der Waals surface area contributed by atoms with Crippen molar-refractivity contribution in [2.45, 2.75) is 69.4 Å². The molecule has 42 heavy (non-hydrogen) atoms. The SMILES string of the molecule is COc1ccc(C[C@H](NC(=O)[C@H](C)NC(=O)CC2CNCCO2)C(=O)N[C@@H](CC2=CCOCC2)C(=O)[C@@]2(C)CO2)cc1. The van der Waals surface area contributed by atoms with Crippen LogP contribution in [0.5, 0.6) is 5.75 Å². The number of rotatable bonds is 14. The Morgan fingerprint density at radius 3 is 2.40 bits per heavy atom. The van der Waals surface area contributed by atoms with Gasteiger partial charge in [-0.2, -0.15) is 0 Å². The first-order valence-corrected chi connectivity index (χ1v) is 14.5. The first-order chi connectivity index (χ1) is 20.2. The summed E-state index contributed by atoms with van der Waals surface area (Å²) in [6.45, 7) is 6.40. The maximum absolute atomic E-state index is 13.7. The highest BCUT2D eigenvalue weighted by molar-refractivity contribution is 5.98. The van der Waals surface area contributed by atoms with E-state index >= 15 is 0 Å². The largest absolute Gasteiger partial charge is 0.497 e. The van der Waals surface area contributed by atoms with Crippen molar-refractivity contribution in [1.82, 2.24) is 21.3 Å². The Labute approximate surface area is 246 Å². The molecule has 1 aromatic rings. The predicted molar refractivity (Wildman–Crippen MR) is 153 cm³/mol. The topological polar surface area (TPSA) is 157 Å². The first-order valence-electron chi connectivity index (χ1n) is 14.5. The minimum absolute atomic E-state index is 0.117. The van der Waals surface area contributed by atoms with E-state index in [4.69, 9.17) is 18.9 Å². The van der Waals surface area contributed by atoms with Crippen molar-refractivity contribution in [3.63, 3.8) is 0 Å². The molecule has 0 saturated carbocycles. The zero-order valence-electron chi connectivity index (χ0n) is 24.5. The molecular formula is C30H42N4O8. The van der Waals surface area contributed by atoms with Gasteiger partial charge < -0.3 is 40.2 Å². The molecule has 3 aliphatic rings. The summed E-state index contributed by atoms with van der Waals surface area (Å²) in [7, 11) is 1.56. The highest BCUT2D eigenvalue weighted by atomic mass is 16.6. The number of benzene rings is 1. The third-order valence-corrected chi connectivity index (χ3v) is 7.68. The second kappa shape index (κ2) is 14.7. The summed E-state index contributed by atoms with van der Waals surface area (Å²) in [5, 5.41) is 11.5. The second-order valence-corrected chi connectivity index (χ2v) is 11.1. The number of hydrogen-bond acceptors (Lipinski definition) is 9. The van der Waals surface area contributed by atoms with Crippen LogP contribution in [0.4, 0.5) is 0 Å². The Morgan fingerprint density at radius 1 is 1.05 bits per heavy atom. The quantitative estimate of drug-likeness (QED) is 0.176. The van der Waals surface area contributed by atoms with E-state index in [0.29, 0.717) is 51.6 Å². The van der Waals surface area contributed by atoms with Crippen molar-refractivity contribution in [1.29, 1.82) is 0 Å². The molecule has 0 spiro atoms. The highest BCUT2D eigenvalue weighted by Crippen LogP contribution is 2.30. The monoisotopic (exact) mass is 586 g/mol. The van der Waals surface area contributed by atoms with Crippen LogP contribution >= 0.6 is 0 Å². The summed E-state index contributed by atoms with van der Waals surface area (Å²) >= 11 is 0. The van der Waals surface area contributed by atoms with Gasteiger partial charge in [0.15, 0.2) is 5.78 Å². The number of nitrogens with one attached hydrogen (secondary N) is 4. The molecule has 2 fully saturated rings. The molecule has 3 amide bonds. The van der Waals surface area contributed by atoms with Crippen molar-refractivity contribution in [3.05, 3.63) is 41.5 Å². The molecule has 2 saturated heterocycles. The van der Waals surface area contributed by atoms with Crippen molar-refractivity contribution >= 4 is 23.5 Å². The number of amides is 3. The first kappa shape index (κ1) is 31.6. The molecule has 1 aromatic carbocycles. The van der Waals surface area contributed by atoms with Crippen molar-refractivity contribution in [2.24, 2.45) is 0 Å². The van der Waals surface area contributed by atoms with Crippen molar-refractivity contribution < 1.29 is 38.1 Å². The van der Waals surface area contributed by atoms with Crippen LogP contribution in [-0.2, 0) is 39.8 Å². The number of carbonyl (C=O) groups excluding carboxylic acids is 4. The molecule has 230 valence electrons. The second-order valence-electron chi connectivity index (χ2n) is 11.1. The van der Waals surface area contributed by atoms with E-state index in [2.05, 4.69) is 21.3 Å². The van der Waals surface area contributed by atoms with Crippen LogP contribution in [0.3, 0.4) is 0 Å². The average molecular weight is 587 g/mol. The zero-order valence-corrected chi connectivity index (χ0v) is 24.5.